The average molecular weight is 260 g/mol. The molecule has 2 unspecified atom stereocenters. The van der Waals surface area contributed by atoms with Crippen LogP contribution in [-0.4, -0.2) is 25.5 Å². The van der Waals surface area contributed by atoms with Gasteiger partial charge in [-0.1, -0.05) is 36.8 Å². The maximum absolute atomic E-state index is 12.0. The monoisotopic (exact) mass is 260 g/mol. The van der Waals surface area contributed by atoms with Gasteiger partial charge in [0.1, 0.15) is 0 Å². The maximum atomic E-state index is 12.0. The van der Waals surface area contributed by atoms with Gasteiger partial charge < -0.3 is 10.6 Å². The predicted molar refractivity (Wildman–Crippen MR) is 78.2 cm³/mol. The Labute approximate surface area is 115 Å². The normalized spacial score (nSPS) is 20.8. The van der Waals surface area contributed by atoms with Crippen LogP contribution in [0.4, 0.5) is 0 Å². The number of rotatable bonds is 4. The lowest BCUT2D eigenvalue weighted by atomic mass is 9.97. The third-order valence-electron chi connectivity index (χ3n) is 3.90. The van der Waals surface area contributed by atoms with E-state index in [-0.39, 0.29) is 11.8 Å². The summed E-state index contributed by atoms with van der Waals surface area (Å²) in [5.74, 6) is 0.714. The van der Waals surface area contributed by atoms with Gasteiger partial charge in [-0.15, -0.1) is 0 Å². The molecule has 1 amide bonds. The summed E-state index contributed by atoms with van der Waals surface area (Å²) < 4.78 is 0. The number of carbonyl (C=O) groups excluding carboxylic acids is 1. The highest BCUT2D eigenvalue weighted by Crippen LogP contribution is 2.15. The molecule has 1 aliphatic rings. The Morgan fingerprint density at radius 2 is 2.16 bits per heavy atom. The smallest absolute Gasteiger partial charge is 0.224 e. The van der Waals surface area contributed by atoms with E-state index in [1.165, 1.54) is 11.1 Å². The van der Waals surface area contributed by atoms with Crippen molar-refractivity contribution in [3.8, 4) is 0 Å². The highest BCUT2D eigenvalue weighted by molar-refractivity contribution is 5.79. The second-order valence-electron chi connectivity index (χ2n) is 5.60. The number of hydrogen-bond donors (Lipinski definition) is 2. The molecule has 1 fully saturated rings. The summed E-state index contributed by atoms with van der Waals surface area (Å²) in [6.07, 6.45) is 2.11. The van der Waals surface area contributed by atoms with E-state index in [0.29, 0.717) is 5.92 Å². The molecule has 1 aromatic carbocycles. The fourth-order valence-corrected chi connectivity index (χ4v) is 2.49. The molecule has 2 atom stereocenters. The summed E-state index contributed by atoms with van der Waals surface area (Å²) >= 11 is 0. The van der Waals surface area contributed by atoms with Crippen LogP contribution in [0.2, 0.25) is 0 Å². The summed E-state index contributed by atoms with van der Waals surface area (Å²) in [7, 11) is 0. The largest absolute Gasteiger partial charge is 0.355 e. The van der Waals surface area contributed by atoms with E-state index in [1.807, 2.05) is 0 Å². The number of hydrogen-bond acceptors (Lipinski definition) is 2. The van der Waals surface area contributed by atoms with Crippen LogP contribution in [0.15, 0.2) is 24.3 Å². The zero-order chi connectivity index (χ0) is 13.7. The number of amides is 1. The first kappa shape index (κ1) is 14.1. The Morgan fingerprint density at radius 1 is 1.42 bits per heavy atom. The third-order valence-corrected chi connectivity index (χ3v) is 3.90. The number of nitrogens with one attached hydrogen (secondary N) is 2. The standard InChI is InChI=1S/C16H24N2O/c1-12-5-7-14(8-6-12)13(2)10-18-16(19)15-4-3-9-17-11-15/h5-8,13,15,17H,3-4,9-11H2,1-2H3,(H,18,19). The summed E-state index contributed by atoms with van der Waals surface area (Å²) in [6.45, 7) is 6.84. The van der Waals surface area contributed by atoms with Gasteiger partial charge in [-0.2, -0.15) is 0 Å². The number of benzene rings is 1. The van der Waals surface area contributed by atoms with Crippen molar-refractivity contribution in [1.82, 2.24) is 10.6 Å². The molecule has 104 valence electrons. The van der Waals surface area contributed by atoms with Crippen molar-refractivity contribution in [2.45, 2.75) is 32.6 Å². The van der Waals surface area contributed by atoms with Gasteiger partial charge in [0.25, 0.3) is 0 Å². The molecule has 3 nitrogen and oxygen atoms in total. The van der Waals surface area contributed by atoms with Crippen LogP contribution in [-0.2, 0) is 4.79 Å². The van der Waals surface area contributed by atoms with Gasteiger partial charge >= 0.3 is 0 Å². The van der Waals surface area contributed by atoms with Crippen molar-refractivity contribution in [2.75, 3.05) is 19.6 Å². The molecular weight excluding hydrogens is 236 g/mol. The van der Waals surface area contributed by atoms with Gasteiger partial charge in [0.15, 0.2) is 0 Å². The maximum Gasteiger partial charge on any atom is 0.224 e. The summed E-state index contributed by atoms with van der Waals surface area (Å²) in [5.41, 5.74) is 2.56. The predicted octanol–water partition coefficient (Wildman–Crippen LogP) is 2.21. The molecule has 0 aliphatic carbocycles. The third kappa shape index (κ3) is 4.06. The highest BCUT2D eigenvalue weighted by atomic mass is 16.1. The SMILES string of the molecule is Cc1ccc(C(C)CNC(=O)C2CCCNC2)cc1. The molecule has 3 heteroatoms. The van der Waals surface area contributed by atoms with Crippen LogP contribution in [0, 0.1) is 12.8 Å². The number of carbonyl (C=O) groups is 1. The Hall–Kier alpha value is -1.35. The molecule has 0 spiro atoms. The Morgan fingerprint density at radius 3 is 2.79 bits per heavy atom. The molecular formula is C16H24N2O. The Kier molecular flexibility index (Phi) is 4.97. The summed E-state index contributed by atoms with van der Waals surface area (Å²) in [5, 5.41) is 6.37. The van der Waals surface area contributed by atoms with Crippen LogP contribution in [0.25, 0.3) is 0 Å². The molecule has 0 aromatic heterocycles. The van der Waals surface area contributed by atoms with E-state index < -0.39 is 0 Å². The molecule has 2 rings (SSSR count). The van der Waals surface area contributed by atoms with E-state index in [2.05, 4.69) is 48.7 Å². The lowest BCUT2D eigenvalue weighted by Crippen LogP contribution is -2.41. The first-order valence-corrected chi connectivity index (χ1v) is 7.22. The molecule has 1 aromatic rings. The van der Waals surface area contributed by atoms with Crippen molar-refractivity contribution in [3.05, 3.63) is 35.4 Å². The Bertz CT molecular complexity index is 407. The van der Waals surface area contributed by atoms with Crippen LogP contribution in [0.3, 0.4) is 0 Å². The van der Waals surface area contributed by atoms with Gasteiger partial charge in [0, 0.05) is 13.1 Å². The van der Waals surface area contributed by atoms with Crippen molar-refractivity contribution in [3.63, 3.8) is 0 Å². The Balaban J connectivity index is 1.80. The molecule has 19 heavy (non-hydrogen) atoms. The van der Waals surface area contributed by atoms with Crippen LogP contribution in [0.1, 0.15) is 36.8 Å². The summed E-state index contributed by atoms with van der Waals surface area (Å²) in [6, 6.07) is 8.54. The van der Waals surface area contributed by atoms with Crippen molar-refractivity contribution in [2.24, 2.45) is 5.92 Å². The van der Waals surface area contributed by atoms with E-state index in [0.717, 1.165) is 32.5 Å². The van der Waals surface area contributed by atoms with Crippen LogP contribution < -0.4 is 10.6 Å². The van der Waals surface area contributed by atoms with Gasteiger partial charge in [-0.3, -0.25) is 4.79 Å². The average Bonchev–Trinajstić information content (AvgIpc) is 2.46. The van der Waals surface area contributed by atoms with E-state index in [1.54, 1.807) is 0 Å². The highest BCUT2D eigenvalue weighted by Gasteiger charge is 2.20. The lowest BCUT2D eigenvalue weighted by molar-refractivity contribution is -0.125. The van der Waals surface area contributed by atoms with Crippen LogP contribution in [0.5, 0.6) is 0 Å². The zero-order valence-corrected chi connectivity index (χ0v) is 11.9. The minimum atomic E-state index is 0.152. The quantitative estimate of drug-likeness (QED) is 0.871. The number of aryl methyl sites for hydroxylation is 1. The molecule has 2 N–H and O–H groups in total. The van der Waals surface area contributed by atoms with E-state index in [4.69, 9.17) is 0 Å². The second-order valence-corrected chi connectivity index (χ2v) is 5.60. The minimum absolute atomic E-state index is 0.152. The molecule has 1 saturated heterocycles. The fraction of sp³-hybridized carbons (Fsp3) is 0.562. The van der Waals surface area contributed by atoms with Crippen LogP contribution >= 0.6 is 0 Å². The number of piperidine rings is 1. The molecule has 1 heterocycles. The fourth-order valence-electron chi connectivity index (χ4n) is 2.49. The second kappa shape index (κ2) is 6.71. The molecule has 1 aliphatic heterocycles. The summed E-state index contributed by atoms with van der Waals surface area (Å²) in [4.78, 5) is 12.0. The van der Waals surface area contributed by atoms with Gasteiger partial charge in [-0.05, 0) is 37.8 Å². The lowest BCUT2D eigenvalue weighted by Gasteiger charge is -2.23. The first-order valence-electron chi connectivity index (χ1n) is 7.22. The first-order chi connectivity index (χ1) is 9.16. The van der Waals surface area contributed by atoms with Crippen molar-refractivity contribution in [1.29, 1.82) is 0 Å². The topological polar surface area (TPSA) is 41.1 Å². The molecule has 0 radical (unpaired) electrons. The van der Waals surface area contributed by atoms with E-state index in [9.17, 15) is 4.79 Å². The van der Waals surface area contributed by atoms with Gasteiger partial charge in [-0.25, -0.2) is 0 Å². The van der Waals surface area contributed by atoms with Gasteiger partial charge in [0.2, 0.25) is 5.91 Å². The van der Waals surface area contributed by atoms with Crippen molar-refractivity contribution < 1.29 is 4.79 Å². The zero-order valence-electron chi connectivity index (χ0n) is 11.9. The van der Waals surface area contributed by atoms with Crippen molar-refractivity contribution >= 4 is 5.91 Å². The molecule has 0 bridgehead atoms. The minimum Gasteiger partial charge on any atom is -0.355 e. The van der Waals surface area contributed by atoms with Gasteiger partial charge in [0.05, 0.1) is 5.92 Å². The van der Waals surface area contributed by atoms with E-state index >= 15 is 0 Å². The molecule has 0 saturated carbocycles.